The molecular formula is C13H14BrFN2O3. The van der Waals surface area contributed by atoms with Gasteiger partial charge < -0.3 is 15.7 Å². The highest BCUT2D eigenvalue weighted by Gasteiger charge is 2.30. The fraction of sp³-hybridized carbons (Fsp3) is 0.385. The predicted octanol–water partition coefficient (Wildman–Crippen LogP) is 2.96. The van der Waals surface area contributed by atoms with Crippen LogP contribution in [0.2, 0.25) is 0 Å². The van der Waals surface area contributed by atoms with Crippen molar-refractivity contribution in [2.75, 3.05) is 5.32 Å². The van der Waals surface area contributed by atoms with E-state index in [1.165, 1.54) is 12.1 Å². The molecule has 1 aliphatic rings. The van der Waals surface area contributed by atoms with Gasteiger partial charge in [-0.1, -0.05) is 6.07 Å². The first kappa shape index (κ1) is 14.8. The number of benzene rings is 1. The molecule has 1 aromatic rings. The topological polar surface area (TPSA) is 78.4 Å². The van der Waals surface area contributed by atoms with E-state index in [2.05, 4.69) is 26.6 Å². The van der Waals surface area contributed by atoms with E-state index < -0.39 is 23.7 Å². The van der Waals surface area contributed by atoms with Crippen molar-refractivity contribution in [2.24, 2.45) is 5.92 Å². The zero-order valence-corrected chi connectivity index (χ0v) is 12.1. The minimum absolute atomic E-state index is 0.0674. The number of carbonyl (C=O) groups is 2. The molecule has 1 aliphatic carbocycles. The Labute approximate surface area is 123 Å². The lowest BCUT2D eigenvalue weighted by Crippen LogP contribution is -2.37. The summed E-state index contributed by atoms with van der Waals surface area (Å²) in [6.45, 7) is 0. The van der Waals surface area contributed by atoms with Crippen molar-refractivity contribution in [2.45, 2.75) is 25.3 Å². The van der Waals surface area contributed by atoms with E-state index >= 15 is 0 Å². The van der Waals surface area contributed by atoms with E-state index in [-0.39, 0.29) is 11.7 Å². The Morgan fingerprint density at radius 3 is 2.70 bits per heavy atom. The third kappa shape index (κ3) is 3.47. The molecule has 108 valence electrons. The highest BCUT2D eigenvalue weighted by molar-refractivity contribution is 9.10. The average Bonchev–Trinajstić information content (AvgIpc) is 2.82. The van der Waals surface area contributed by atoms with Crippen LogP contribution >= 0.6 is 15.9 Å². The lowest BCUT2D eigenvalue weighted by atomic mass is 10.1. The standard InChI is InChI=1S/C13H14BrFN2O3/c14-9-2-1-3-10(15)11(9)17-13(20)16-8-5-4-7(6-8)12(18)19/h1-3,7-8H,4-6H2,(H,18,19)(H2,16,17,20)/t7-,8+/m1/s1. The van der Waals surface area contributed by atoms with Gasteiger partial charge in [0.05, 0.1) is 11.6 Å². The first-order valence-electron chi connectivity index (χ1n) is 6.21. The second-order valence-electron chi connectivity index (χ2n) is 4.74. The summed E-state index contributed by atoms with van der Waals surface area (Å²) in [7, 11) is 0. The Morgan fingerprint density at radius 2 is 2.10 bits per heavy atom. The Balaban J connectivity index is 1.92. The zero-order chi connectivity index (χ0) is 14.7. The van der Waals surface area contributed by atoms with E-state index in [9.17, 15) is 14.0 Å². The van der Waals surface area contributed by atoms with Crippen LogP contribution in [-0.4, -0.2) is 23.1 Å². The van der Waals surface area contributed by atoms with E-state index in [1.807, 2.05) is 0 Å². The van der Waals surface area contributed by atoms with Crippen LogP contribution in [0.3, 0.4) is 0 Å². The average molecular weight is 345 g/mol. The first-order valence-corrected chi connectivity index (χ1v) is 7.01. The summed E-state index contributed by atoms with van der Waals surface area (Å²) in [5.74, 6) is -1.79. The summed E-state index contributed by atoms with van der Waals surface area (Å²) in [6, 6.07) is 3.66. The lowest BCUT2D eigenvalue weighted by Gasteiger charge is -2.14. The molecule has 2 amide bonds. The van der Waals surface area contributed by atoms with Crippen molar-refractivity contribution in [1.29, 1.82) is 0 Å². The molecule has 0 bridgehead atoms. The van der Waals surface area contributed by atoms with Gasteiger partial charge in [-0.15, -0.1) is 0 Å². The van der Waals surface area contributed by atoms with Crippen molar-refractivity contribution in [1.82, 2.24) is 5.32 Å². The number of urea groups is 1. The van der Waals surface area contributed by atoms with Crippen LogP contribution in [-0.2, 0) is 4.79 Å². The highest BCUT2D eigenvalue weighted by Crippen LogP contribution is 2.27. The number of rotatable bonds is 3. The molecule has 0 unspecified atom stereocenters. The van der Waals surface area contributed by atoms with Crippen LogP contribution in [0, 0.1) is 11.7 Å². The third-order valence-corrected chi connectivity index (χ3v) is 3.98. The van der Waals surface area contributed by atoms with Gasteiger partial charge in [0.25, 0.3) is 0 Å². The van der Waals surface area contributed by atoms with Crippen LogP contribution in [0.4, 0.5) is 14.9 Å². The number of amides is 2. The van der Waals surface area contributed by atoms with Crippen molar-refractivity contribution in [3.8, 4) is 0 Å². The molecule has 2 rings (SSSR count). The van der Waals surface area contributed by atoms with Crippen molar-refractivity contribution < 1.29 is 19.1 Å². The Kier molecular flexibility index (Phi) is 4.59. The quantitative estimate of drug-likeness (QED) is 0.788. The van der Waals surface area contributed by atoms with E-state index in [0.29, 0.717) is 23.7 Å². The summed E-state index contributed by atoms with van der Waals surface area (Å²) < 4.78 is 14.0. The van der Waals surface area contributed by atoms with Gasteiger partial charge in [-0.3, -0.25) is 4.79 Å². The number of carboxylic acid groups (broad SMARTS) is 1. The van der Waals surface area contributed by atoms with Crippen LogP contribution in [0.5, 0.6) is 0 Å². The monoisotopic (exact) mass is 344 g/mol. The van der Waals surface area contributed by atoms with Crippen LogP contribution in [0.15, 0.2) is 22.7 Å². The molecular weight excluding hydrogens is 331 g/mol. The first-order chi connectivity index (χ1) is 9.47. The molecule has 2 atom stereocenters. The van der Waals surface area contributed by atoms with Gasteiger partial charge in [-0.2, -0.15) is 0 Å². The molecule has 0 radical (unpaired) electrons. The number of para-hydroxylation sites is 1. The Hall–Kier alpha value is -1.63. The van der Waals surface area contributed by atoms with Crippen LogP contribution < -0.4 is 10.6 Å². The number of halogens is 2. The van der Waals surface area contributed by atoms with Crippen molar-refractivity contribution >= 4 is 33.6 Å². The van der Waals surface area contributed by atoms with E-state index in [4.69, 9.17) is 5.11 Å². The van der Waals surface area contributed by atoms with Gasteiger partial charge in [-0.05, 0) is 47.3 Å². The molecule has 1 saturated carbocycles. The Bertz CT molecular complexity index is 518. The molecule has 0 heterocycles. The van der Waals surface area contributed by atoms with Gasteiger partial charge >= 0.3 is 12.0 Å². The lowest BCUT2D eigenvalue weighted by molar-refractivity contribution is -0.141. The van der Waals surface area contributed by atoms with E-state index in [0.717, 1.165) is 0 Å². The van der Waals surface area contributed by atoms with Gasteiger partial charge in [0.2, 0.25) is 0 Å². The van der Waals surface area contributed by atoms with E-state index in [1.54, 1.807) is 6.07 Å². The molecule has 1 fully saturated rings. The number of nitrogens with one attached hydrogen (secondary N) is 2. The largest absolute Gasteiger partial charge is 0.481 e. The minimum Gasteiger partial charge on any atom is -0.481 e. The van der Waals surface area contributed by atoms with Crippen molar-refractivity contribution in [3.05, 3.63) is 28.5 Å². The molecule has 0 spiro atoms. The highest BCUT2D eigenvalue weighted by atomic mass is 79.9. The van der Waals surface area contributed by atoms with Crippen LogP contribution in [0.25, 0.3) is 0 Å². The summed E-state index contributed by atoms with van der Waals surface area (Å²) >= 11 is 3.16. The number of hydrogen-bond donors (Lipinski definition) is 3. The molecule has 0 saturated heterocycles. The van der Waals surface area contributed by atoms with Gasteiger partial charge in [0.1, 0.15) is 5.82 Å². The molecule has 0 aliphatic heterocycles. The van der Waals surface area contributed by atoms with Gasteiger partial charge in [-0.25, -0.2) is 9.18 Å². The summed E-state index contributed by atoms with van der Waals surface area (Å²) in [6.07, 6.45) is 1.56. The molecule has 1 aromatic carbocycles. The van der Waals surface area contributed by atoms with Crippen molar-refractivity contribution in [3.63, 3.8) is 0 Å². The van der Waals surface area contributed by atoms with Gasteiger partial charge in [0.15, 0.2) is 0 Å². The van der Waals surface area contributed by atoms with Gasteiger partial charge in [0, 0.05) is 10.5 Å². The second kappa shape index (κ2) is 6.21. The molecule has 5 nitrogen and oxygen atoms in total. The fourth-order valence-electron chi connectivity index (χ4n) is 2.29. The van der Waals surface area contributed by atoms with Crippen LogP contribution in [0.1, 0.15) is 19.3 Å². The summed E-state index contributed by atoms with van der Waals surface area (Å²) in [5, 5.41) is 14.0. The second-order valence-corrected chi connectivity index (χ2v) is 5.59. The fourth-order valence-corrected chi connectivity index (χ4v) is 2.73. The molecule has 0 aromatic heterocycles. The summed E-state index contributed by atoms with van der Waals surface area (Å²) in [5.41, 5.74) is 0.0674. The molecule has 20 heavy (non-hydrogen) atoms. The number of carboxylic acids is 1. The number of anilines is 1. The predicted molar refractivity (Wildman–Crippen MR) is 75.0 cm³/mol. The normalized spacial score (nSPS) is 21.5. The zero-order valence-electron chi connectivity index (χ0n) is 10.5. The number of carbonyl (C=O) groups excluding carboxylic acids is 1. The maximum Gasteiger partial charge on any atom is 0.319 e. The smallest absolute Gasteiger partial charge is 0.319 e. The maximum absolute atomic E-state index is 13.5. The minimum atomic E-state index is -0.841. The third-order valence-electron chi connectivity index (χ3n) is 3.32. The number of hydrogen-bond acceptors (Lipinski definition) is 2. The SMILES string of the molecule is O=C(Nc1c(F)cccc1Br)N[C@H]1CC[C@@H](C(=O)O)C1. The number of aliphatic carboxylic acids is 1. The Morgan fingerprint density at radius 1 is 1.35 bits per heavy atom. The summed E-state index contributed by atoms with van der Waals surface area (Å²) in [4.78, 5) is 22.6. The maximum atomic E-state index is 13.5. The molecule has 7 heteroatoms. The molecule has 3 N–H and O–H groups in total.